The van der Waals surface area contributed by atoms with Crippen LogP contribution in [-0.4, -0.2) is 51.4 Å². The summed E-state index contributed by atoms with van der Waals surface area (Å²) in [5.74, 6) is 1.70. The van der Waals surface area contributed by atoms with Crippen LogP contribution in [0.4, 0.5) is 4.79 Å². The highest BCUT2D eigenvalue weighted by Gasteiger charge is 2.23. The molecule has 1 saturated heterocycles. The third-order valence-corrected chi connectivity index (χ3v) is 4.84. The molecule has 3 rings (SSSR count). The van der Waals surface area contributed by atoms with Crippen LogP contribution in [0, 0.1) is 13.8 Å². The minimum absolute atomic E-state index is 0.0167. The molecule has 0 spiro atoms. The summed E-state index contributed by atoms with van der Waals surface area (Å²) in [7, 11) is 0. The van der Waals surface area contributed by atoms with Gasteiger partial charge in [-0.05, 0) is 38.7 Å². The summed E-state index contributed by atoms with van der Waals surface area (Å²) in [6.45, 7) is 7.36. The lowest BCUT2D eigenvalue weighted by Crippen LogP contribution is -2.46. The highest BCUT2D eigenvalue weighted by atomic mass is 16.5. The van der Waals surface area contributed by atoms with E-state index in [1.807, 2.05) is 41.6 Å². The lowest BCUT2D eigenvalue weighted by Gasteiger charge is -2.32. The van der Waals surface area contributed by atoms with Crippen molar-refractivity contribution in [1.82, 2.24) is 25.0 Å². The lowest BCUT2D eigenvalue weighted by atomic mass is 10.1. The van der Waals surface area contributed by atoms with E-state index in [-0.39, 0.29) is 12.1 Å². The molecule has 1 fully saturated rings. The summed E-state index contributed by atoms with van der Waals surface area (Å²) in [5, 5.41) is 7.34. The van der Waals surface area contributed by atoms with Crippen LogP contribution in [0.2, 0.25) is 0 Å². The van der Waals surface area contributed by atoms with Crippen molar-refractivity contribution in [3.05, 3.63) is 47.5 Å². The SMILES string of the molecule is Cc1nc(C)n(CCCNC(=O)N2CCC(OCc3ccccc3)CC2)n1. The van der Waals surface area contributed by atoms with Gasteiger partial charge in [0.25, 0.3) is 0 Å². The summed E-state index contributed by atoms with van der Waals surface area (Å²) < 4.78 is 7.87. The first-order chi connectivity index (χ1) is 13.1. The molecule has 1 aliphatic heterocycles. The van der Waals surface area contributed by atoms with Crippen molar-refractivity contribution in [1.29, 1.82) is 0 Å². The number of piperidine rings is 1. The molecule has 7 nitrogen and oxygen atoms in total. The number of carbonyl (C=O) groups excluding carboxylic acids is 1. The Balaban J connectivity index is 1.30. The Morgan fingerprint density at radius 2 is 1.96 bits per heavy atom. The predicted octanol–water partition coefficient (Wildman–Crippen LogP) is 2.68. The molecule has 0 radical (unpaired) electrons. The summed E-state index contributed by atoms with van der Waals surface area (Å²) in [5.41, 5.74) is 1.19. The molecule has 1 aromatic carbocycles. The van der Waals surface area contributed by atoms with Gasteiger partial charge in [-0.15, -0.1) is 0 Å². The number of hydrogen-bond donors (Lipinski definition) is 1. The van der Waals surface area contributed by atoms with Gasteiger partial charge in [0.15, 0.2) is 0 Å². The number of carbonyl (C=O) groups is 1. The highest BCUT2D eigenvalue weighted by Crippen LogP contribution is 2.15. The standard InChI is InChI=1S/C20H29N5O2/c1-16-22-17(2)25(23-16)12-6-11-21-20(26)24-13-9-19(10-14-24)27-15-18-7-4-3-5-8-18/h3-5,7-8,19H,6,9-15H2,1-2H3,(H,21,26). The van der Waals surface area contributed by atoms with Crippen molar-refractivity contribution in [3.8, 4) is 0 Å². The molecule has 0 bridgehead atoms. The topological polar surface area (TPSA) is 72.3 Å². The van der Waals surface area contributed by atoms with Gasteiger partial charge in [-0.2, -0.15) is 5.10 Å². The molecule has 7 heteroatoms. The number of aryl methyl sites for hydroxylation is 3. The zero-order valence-electron chi connectivity index (χ0n) is 16.2. The normalized spacial score (nSPS) is 15.1. The second-order valence-electron chi connectivity index (χ2n) is 7.00. The molecule has 0 unspecified atom stereocenters. The van der Waals surface area contributed by atoms with Crippen LogP contribution in [-0.2, 0) is 17.9 Å². The zero-order valence-corrected chi connectivity index (χ0v) is 16.2. The fourth-order valence-corrected chi connectivity index (χ4v) is 3.32. The van der Waals surface area contributed by atoms with Crippen molar-refractivity contribution in [3.63, 3.8) is 0 Å². The van der Waals surface area contributed by atoms with E-state index < -0.39 is 0 Å². The summed E-state index contributed by atoms with van der Waals surface area (Å²) in [4.78, 5) is 18.5. The average Bonchev–Trinajstić information content (AvgIpc) is 3.01. The average molecular weight is 371 g/mol. The van der Waals surface area contributed by atoms with Gasteiger partial charge in [0.1, 0.15) is 11.6 Å². The first-order valence-electron chi connectivity index (χ1n) is 9.68. The summed E-state index contributed by atoms with van der Waals surface area (Å²) in [6, 6.07) is 10.2. The van der Waals surface area contributed by atoms with Crippen LogP contribution < -0.4 is 5.32 Å². The van der Waals surface area contributed by atoms with Crippen molar-refractivity contribution < 1.29 is 9.53 Å². The number of hydrogen-bond acceptors (Lipinski definition) is 4. The first-order valence-corrected chi connectivity index (χ1v) is 9.68. The Hall–Kier alpha value is -2.41. The van der Waals surface area contributed by atoms with Crippen LogP contribution in [0.15, 0.2) is 30.3 Å². The minimum Gasteiger partial charge on any atom is -0.373 e. The van der Waals surface area contributed by atoms with Crippen LogP contribution in [0.1, 0.15) is 36.5 Å². The van der Waals surface area contributed by atoms with E-state index in [9.17, 15) is 4.79 Å². The maximum atomic E-state index is 12.3. The smallest absolute Gasteiger partial charge is 0.317 e. The fourth-order valence-electron chi connectivity index (χ4n) is 3.32. The Kier molecular flexibility index (Phi) is 6.81. The van der Waals surface area contributed by atoms with Crippen LogP contribution in [0.3, 0.4) is 0 Å². The van der Waals surface area contributed by atoms with Gasteiger partial charge >= 0.3 is 6.03 Å². The number of urea groups is 1. The van der Waals surface area contributed by atoms with Gasteiger partial charge in [-0.3, -0.25) is 4.68 Å². The van der Waals surface area contributed by atoms with Crippen LogP contribution in [0.5, 0.6) is 0 Å². The Morgan fingerprint density at radius 3 is 2.63 bits per heavy atom. The van der Waals surface area contributed by atoms with Crippen molar-refractivity contribution in [2.45, 2.75) is 52.4 Å². The van der Waals surface area contributed by atoms with Crippen molar-refractivity contribution in [2.75, 3.05) is 19.6 Å². The molecular formula is C20H29N5O2. The van der Waals surface area contributed by atoms with E-state index in [1.54, 1.807) is 0 Å². The van der Waals surface area contributed by atoms with Crippen LogP contribution >= 0.6 is 0 Å². The molecule has 27 heavy (non-hydrogen) atoms. The molecular weight excluding hydrogens is 342 g/mol. The highest BCUT2D eigenvalue weighted by molar-refractivity contribution is 5.74. The molecule has 0 aliphatic carbocycles. The van der Waals surface area contributed by atoms with E-state index in [0.29, 0.717) is 13.2 Å². The number of benzene rings is 1. The Morgan fingerprint density at radius 1 is 1.22 bits per heavy atom. The van der Waals surface area contributed by atoms with Gasteiger partial charge in [0.2, 0.25) is 0 Å². The molecule has 0 atom stereocenters. The summed E-state index contributed by atoms with van der Waals surface area (Å²) >= 11 is 0. The maximum absolute atomic E-state index is 12.3. The first kappa shape index (κ1) is 19.4. The van der Waals surface area contributed by atoms with E-state index >= 15 is 0 Å². The number of ether oxygens (including phenoxy) is 1. The van der Waals surface area contributed by atoms with E-state index in [0.717, 1.165) is 50.5 Å². The van der Waals surface area contributed by atoms with Crippen molar-refractivity contribution in [2.24, 2.45) is 0 Å². The summed E-state index contributed by atoms with van der Waals surface area (Å²) in [6.07, 6.45) is 2.84. The maximum Gasteiger partial charge on any atom is 0.317 e. The molecule has 2 amide bonds. The third-order valence-electron chi connectivity index (χ3n) is 4.84. The molecule has 1 aromatic heterocycles. The van der Waals surface area contributed by atoms with Gasteiger partial charge < -0.3 is 15.0 Å². The number of aromatic nitrogens is 3. The molecule has 146 valence electrons. The van der Waals surface area contributed by atoms with Gasteiger partial charge in [-0.25, -0.2) is 9.78 Å². The zero-order chi connectivity index (χ0) is 19.1. The molecule has 2 heterocycles. The van der Waals surface area contributed by atoms with E-state index in [1.165, 1.54) is 5.56 Å². The van der Waals surface area contributed by atoms with Crippen LogP contribution in [0.25, 0.3) is 0 Å². The monoisotopic (exact) mass is 371 g/mol. The molecule has 1 N–H and O–H groups in total. The predicted molar refractivity (Wildman–Crippen MR) is 103 cm³/mol. The molecule has 2 aromatic rings. The van der Waals surface area contributed by atoms with Crippen molar-refractivity contribution >= 4 is 6.03 Å². The van der Waals surface area contributed by atoms with E-state index in [4.69, 9.17) is 4.74 Å². The second-order valence-corrected chi connectivity index (χ2v) is 7.00. The second kappa shape index (κ2) is 9.50. The Labute approximate surface area is 160 Å². The largest absolute Gasteiger partial charge is 0.373 e. The molecule has 0 saturated carbocycles. The quantitative estimate of drug-likeness (QED) is 0.760. The lowest BCUT2D eigenvalue weighted by molar-refractivity contribution is 0.00447. The molecule has 1 aliphatic rings. The van der Waals surface area contributed by atoms with Gasteiger partial charge in [0.05, 0.1) is 12.7 Å². The number of likely N-dealkylation sites (tertiary alicyclic amines) is 1. The van der Waals surface area contributed by atoms with Gasteiger partial charge in [-0.1, -0.05) is 30.3 Å². The number of rotatable bonds is 7. The van der Waals surface area contributed by atoms with Gasteiger partial charge in [0, 0.05) is 26.2 Å². The number of amides is 2. The third kappa shape index (κ3) is 5.79. The number of nitrogens with one attached hydrogen (secondary N) is 1. The fraction of sp³-hybridized carbons (Fsp3) is 0.550. The minimum atomic E-state index is 0.0167. The van der Waals surface area contributed by atoms with E-state index in [2.05, 4.69) is 27.5 Å². The number of nitrogens with zero attached hydrogens (tertiary/aromatic N) is 4. The Bertz CT molecular complexity index is 723.